The van der Waals surface area contributed by atoms with Gasteiger partial charge in [-0.3, -0.25) is 14.9 Å². The van der Waals surface area contributed by atoms with Crippen LogP contribution in [0.15, 0.2) is 41.3 Å². The predicted molar refractivity (Wildman–Crippen MR) is 136 cm³/mol. The number of halogens is 2. The smallest absolute Gasteiger partial charge is 0.290 e. The Morgan fingerprint density at radius 1 is 1.09 bits per heavy atom. The normalized spacial score (nSPS) is 17.4. The maximum Gasteiger partial charge on any atom is 0.290 e. The van der Waals surface area contributed by atoms with E-state index in [1.54, 1.807) is 6.08 Å². The maximum atomic E-state index is 11.9. The number of nitrogens with one attached hydrogen (secondary N) is 2. The molecular formula is C23H21Cl2N5O2S. The van der Waals surface area contributed by atoms with Crippen molar-refractivity contribution in [3.63, 3.8) is 0 Å². The molecule has 170 valence electrons. The van der Waals surface area contributed by atoms with E-state index in [0.29, 0.717) is 15.8 Å². The molecule has 2 N–H and O–H groups in total. The van der Waals surface area contributed by atoms with Gasteiger partial charge in [-0.1, -0.05) is 23.7 Å². The third-order valence-electron chi connectivity index (χ3n) is 5.45. The molecular weight excluding hydrogens is 481 g/mol. The lowest BCUT2D eigenvalue weighted by Gasteiger charge is -2.30. The number of benzene rings is 2. The van der Waals surface area contributed by atoms with E-state index in [2.05, 4.69) is 20.5 Å². The molecule has 0 unspecified atom stereocenters. The quantitative estimate of drug-likeness (QED) is 0.513. The summed E-state index contributed by atoms with van der Waals surface area (Å²) in [7, 11) is 0. The van der Waals surface area contributed by atoms with Crippen LogP contribution in [0.2, 0.25) is 5.02 Å². The van der Waals surface area contributed by atoms with Crippen LogP contribution in [0.3, 0.4) is 0 Å². The lowest BCUT2D eigenvalue weighted by molar-refractivity contribution is -0.115. The molecule has 5 rings (SSSR count). The summed E-state index contributed by atoms with van der Waals surface area (Å²) < 4.78 is 0. The zero-order valence-corrected chi connectivity index (χ0v) is 20.1. The molecule has 3 heterocycles. The molecule has 2 amide bonds. The van der Waals surface area contributed by atoms with E-state index >= 15 is 0 Å². The average molecular weight is 502 g/mol. The van der Waals surface area contributed by atoms with E-state index in [1.165, 1.54) is 0 Å². The molecule has 2 saturated heterocycles. The highest BCUT2D eigenvalue weighted by atomic mass is 35.5. The Labute approximate surface area is 206 Å². The van der Waals surface area contributed by atoms with Crippen LogP contribution in [0.25, 0.3) is 28.2 Å². The monoisotopic (exact) mass is 501 g/mol. The minimum absolute atomic E-state index is 0. The van der Waals surface area contributed by atoms with Crippen LogP contribution in [0, 0.1) is 6.92 Å². The number of hydrogen-bond donors (Lipinski definition) is 2. The van der Waals surface area contributed by atoms with Gasteiger partial charge in [-0.15, -0.1) is 12.4 Å². The summed E-state index contributed by atoms with van der Waals surface area (Å²) in [6.45, 7) is 5.57. The number of fused-ring (bicyclic) bond motifs is 1. The van der Waals surface area contributed by atoms with Gasteiger partial charge < -0.3 is 10.2 Å². The molecule has 0 radical (unpaired) electrons. The van der Waals surface area contributed by atoms with Crippen LogP contribution >= 0.6 is 35.8 Å². The highest BCUT2D eigenvalue weighted by Gasteiger charge is 2.25. The van der Waals surface area contributed by atoms with Crippen molar-refractivity contribution < 1.29 is 9.59 Å². The van der Waals surface area contributed by atoms with Crippen molar-refractivity contribution in [2.75, 3.05) is 31.1 Å². The number of carbonyl (C=O) groups is 2. The molecule has 2 aliphatic heterocycles. The van der Waals surface area contributed by atoms with Crippen molar-refractivity contribution in [2.45, 2.75) is 6.92 Å². The average Bonchev–Trinajstić information content (AvgIpc) is 3.10. The van der Waals surface area contributed by atoms with E-state index in [-0.39, 0.29) is 23.6 Å². The summed E-state index contributed by atoms with van der Waals surface area (Å²) in [5.41, 5.74) is 4.29. The standard InChI is InChI=1S/C23H20ClN5O2S.ClH/c1-13-26-18-4-2-14(11-20-22(30)28-23(31)32-20)10-16(18)21(27-13)15-3-5-19(17(24)12-15)29-8-6-25-7-9-29;/h2-5,10-12,25H,6-9H2,1H3,(H,28,30,31);1H. The number of imide groups is 1. The SMILES string of the molecule is Cc1nc(-c2ccc(N3CCNCC3)c(Cl)c2)c2cc(C=C3SC(=O)NC3=O)ccc2n1.Cl. The number of rotatable bonds is 3. The molecule has 10 heteroatoms. The first-order valence-electron chi connectivity index (χ1n) is 10.3. The first-order chi connectivity index (χ1) is 15.5. The molecule has 0 aliphatic carbocycles. The molecule has 3 aromatic rings. The molecule has 0 spiro atoms. The number of carbonyl (C=O) groups excluding carboxylic acids is 2. The van der Waals surface area contributed by atoms with E-state index < -0.39 is 0 Å². The number of hydrogen-bond acceptors (Lipinski definition) is 7. The predicted octanol–water partition coefficient (Wildman–Crippen LogP) is 4.41. The van der Waals surface area contributed by atoms with E-state index in [1.807, 2.05) is 43.3 Å². The van der Waals surface area contributed by atoms with E-state index in [0.717, 1.165) is 71.4 Å². The van der Waals surface area contributed by atoms with Gasteiger partial charge in [0.25, 0.3) is 11.1 Å². The van der Waals surface area contributed by atoms with Gasteiger partial charge in [-0.05, 0) is 54.6 Å². The van der Waals surface area contributed by atoms with Crippen LogP contribution in [-0.4, -0.2) is 47.3 Å². The number of piperazine rings is 1. The molecule has 2 aromatic carbocycles. The lowest BCUT2D eigenvalue weighted by atomic mass is 10.0. The Morgan fingerprint density at radius 3 is 2.58 bits per heavy atom. The van der Waals surface area contributed by atoms with E-state index in [4.69, 9.17) is 16.6 Å². The van der Waals surface area contributed by atoms with Crippen LogP contribution < -0.4 is 15.5 Å². The summed E-state index contributed by atoms with van der Waals surface area (Å²) in [4.78, 5) is 35.3. The van der Waals surface area contributed by atoms with Crippen molar-refractivity contribution in [3.8, 4) is 11.3 Å². The third-order valence-corrected chi connectivity index (χ3v) is 6.56. The van der Waals surface area contributed by atoms with Crippen molar-refractivity contribution in [1.29, 1.82) is 0 Å². The Morgan fingerprint density at radius 2 is 1.88 bits per heavy atom. The number of thioether (sulfide) groups is 1. The van der Waals surface area contributed by atoms with Gasteiger partial charge >= 0.3 is 0 Å². The maximum absolute atomic E-state index is 11.9. The number of aryl methyl sites for hydroxylation is 1. The number of amides is 2. The lowest BCUT2D eigenvalue weighted by Crippen LogP contribution is -2.43. The topological polar surface area (TPSA) is 87.2 Å². The largest absolute Gasteiger partial charge is 0.368 e. The Hall–Kier alpha value is -2.65. The van der Waals surface area contributed by atoms with Gasteiger partial charge in [-0.25, -0.2) is 9.97 Å². The minimum atomic E-state index is -0.379. The molecule has 2 fully saturated rings. The third kappa shape index (κ3) is 4.84. The highest BCUT2D eigenvalue weighted by Crippen LogP contribution is 2.34. The van der Waals surface area contributed by atoms with E-state index in [9.17, 15) is 9.59 Å². The molecule has 7 nitrogen and oxygen atoms in total. The summed E-state index contributed by atoms with van der Waals surface area (Å²) in [5.74, 6) is 0.285. The van der Waals surface area contributed by atoms with Gasteiger partial charge in [0.2, 0.25) is 0 Å². The fourth-order valence-electron chi connectivity index (χ4n) is 3.96. The minimum Gasteiger partial charge on any atom is -0.368 e. The van der Waals surface area contributed by atoms with Gasteiger partial charge in [0.05, 0.1) is 26.8 Å². The molecule has 0 bridgehead atoms. The van der Waals surface area contributed by atoms with Crippen molar-refractivity contribution in [3.05, 3.63) is 57.7 Å². The second kappa shape index (κ2) is 9.69. The van der Waals surface area contributed by atoms with Crippen LogP contribution in [-0.2, 0) is 4.79 Å². The van der Waals surface area contributed by atoms with Gasteiger partial charge in [0, 0.05) is 37.1 Å². The number of anilines is 1. The molecule has 0 atom stereocenters. The zero-order chi connectivity index (χ0) is 22.2. The van der Waals surface area contributed by atoms with Crippen molar-refractivity contribution in [1.82, 2.24) is 20.6 Å². The number of nitrogens with zero attached hydrogens (tertiary/aromatic N) is 3. The number of aromatic nitrogens is 2. The molecule has 1 aromatic heterocycles. The molecule has 0 saturated carbocycles. The first kappa shape index (κ1) is 23.5. The van der Waals surface area contributed by atoms with Crippen LogP contribution in [0.4, 0.5) is 10.5 Å². The molecule has 33 heavy (non-hydrogen) atoms. The van der Waals surface area contributed by atoms with Crippen LogP contribution in [0.5, 0.6) is 0 Å². The van der Waals surface area contributed by atoms with Gasteiger partial charge in [0.1, 0.15) is 5.82 Å². The fraction of sp³-hybridized carbons (Fsp3) is 0.217. The van der Waals surface area contributed by atoms with Gasteiger partial charge in [-0.2, -0.15) is 0 Å². The Kier molecular flexibility index (Phi) is 6.90. The second-order valence-corrected chi connectivity index (χ2v) is 9.07. The zero-order valence-electron chi connectivity index (χ0n) is 17.7. The summed E-state index contributed by atoms with van der Waals surface area (Å²) in [6, 6.07) is 11.7. The Balaban J connectivity index is 0.00000259. The highest BCUT2D eigenvalue weighted by molar-refractivity contribution is 8.18. The van der Waals surface area contributed by atoms with Crippen molar-refractivity contribution in [2.24, 2.45) is 0 Å². The fourth-order valence-corrected chi connectivity index (χ4v) is 4.94. The molecule has 2 aliphatic rings. The second-order valence-electron chi connectivity index (χ2n) is 7.65. The summed E-state index contributed by atoms with van der Waals surface area (Å²) >= 11 is 7.58. The summed E-state index contributed by atoms with van der Waals surface area (Å²) in [6.07, 6.45) is 1.70. The van der Waals surface area contributed by atoms with Gasteiger partial charge in [0.15, 0.2) is 0 Å². The summed E-state index contributed by atoms with van der Waals surface area (Å²) in [5, 5.41) is 6.81. The Bertz CT molecular complexity index is 1290. The first-order valence-corrected chi connectivity index (χ1v) is 11.5. The van der Waals surface area contributed by atoms with Crippen LogP contribution in [0.1, 0.15) is 11.4 Å². The van der Waals surface area contributed by atoms with Crippen molar-refractivity contribution >= 4 is 69.6 Å².